The molecular formula is C32H50O9. The minimum absolute atomic E-state index is 0.01000. The van der Waals surface area contributed by atoms with E-state index >= 15 is 0 Å². The highest BCUT2D eigenvalue weighted by Gasteiger charge is 2.37. The van der Waals surface area contributed by atoms with Gasteiger partial charge in [-0.1, -0.05) is 50.3 Å². The van der Waals surface area contributed by atoms with Gasteiger partial charge in [0.1, 0.15) is 18.3 Å². The monoisotopic (exact) mass is 578 g/mol. The Morgan fingerprint density at radius 3 is 2.41 bits per heavy atom. The summed E-state index contributed by atoms with van der Waals surface area (Å²) in [5.41, 5.74) is 0.401. The molecule has 0 aromatic rings. The largest absolute Gasteiger partial charge is 0.457 e. The molecular weight excluding hydrogens is 528 g/mol. The first-order chi connectivity index (χ1) is 19.1. The molecule has 0 radical (unpaired) electrons. The Hall–Kier alpha value is -2.14. The second kappa shape index (κ2) is 15.9. The highest BCUT2D eigenvalue weighted by molar-refractivity contribution is 5.87. The van der Waals surface area contributed by atoms with E-state index in [9.17, 15) is 35.1 Å². The van der Waals surface area contributed by atoms with Gasteiger partial charge in [0.15, 0.2) is 5.78 Å². The Morgan fingerprint density at radius 2 is 1.76 bits per heavy atom. The molecule has 2 aliphatic heterocycles. The summed E-state index contributed by atoms with van der Waals surface area (Å²) in [5.74, 6) is -1.77. The maximum atomic E-state index is 12.7. The quantitative estimate of drug-likeness (QED) is 0.179. The van der Waals surface area contributed by atoms with Crippen molar-refractivity contribution in [2.45, 2.75) is 122 Å². The predicted octanol–water partition coefficient (Wildman–Crippen LogP) is 3.08. The summed E-state index contributed by atoms with van der Waals surface area (Å²) in [6, 6.07) is 0. The molecule has 2 rings (SSSR count). The van der Waals surface area contributed by atoms with Gasteiger partial charge < -0.3 is 35.0 Å². The zero-order valence-electron chi connectivity index (χ0n) is 25.2. The Kier molecular flexibility index (Phi) is 13.6. The van der Waals surface area contributed by atoms with E-state index in [1.54, 1.807) is 39.8 Å². The van der Waals surface area contributed by atoms with Crippen molar-refractivity contribution in [1.82, 2.24) is 0 Å². The number of hydrogen-bond acceptors (Lipinski definition) is 9. The van der Waals surface area contributed by atoms with Gasteiger partial charge in [-0.05, 0) is 70.3 Å². The van der Waals surface area contributed by atoms with Crippen molar-refractivity contribution in [2.24, 2.45) is 11.8 Å². The predicted molar refractivity (Wildman–Crippen MR) is 156 cm³/mol. The molecule has 1 saturated heterocycles. The number of ketones is 1. The topological polar surface area (TPSA) is 157 Å². The van der Waals surface area contributed by atoms with Crippen molar-refractivity contribution >= 4 is 11.8 Å². The van der Waals surface area contributed by atoms with E-state index in [4.69, 9.17) is 9.47 Å². The average Bonchev–Trinajstić information content (AvgIpc) is 3.62. The summed E-state index contributed by atoms with van der Waals surface area (Å²) in [6.45, 7) is 12.2. The molecule has 0 amide bonds. The number of allylic oxidation sites excluding steroid dienone is 4. The molecule has 9 atom stereocenters. The van der Waals surface area contributed by atoms with Gasteiger partial charge in [0.05, 0.1) is 30.5 Å². The molecule has 0 aromatic heterocycles. The summed E-state index contributed by atoms with van der Waals surface area (Å²) in [6.07, 6.45) is 4.68. The first-order valence-corrected chi connectivity index (χ1v) is 14.6. The zero-order chi connectivity index (χ0) is 30.9. The number of carbonyl (C=O) groups excluding carboxylic acids is 2. The third-order valence-electron chi connectivity index (χ3n) is 7.99. The standard InChI is InChI=1S/C32H50O9/c1-19-12-20(2)14-28-27(41-28)11-9-7-8-10-21(3)31(38)40-25(18-33)15-22(4)29(36)30(37)26(35)16-24(34)17-32(6,39)23(5)13-19/h9-11,13,20,22,24-25,27-30,33-34,36-37,39H,1,7-8,12,14-18H2,2-6H3/b11-9+,21-10+,23-13+. The lowest BCUT2D eigenvalue weighted by molar-refractivity contribution is -0.149. The average molecular weight is 579 g/mol. The van der Waals surface area contributed by atoms with Gasteiger partial charge in [0.25, 0.3) is 0 Å². The number of aliphatic hydroxyl groups is 5. The first kappa shape index (κ1) is 35.1. The number of ether oxygens (including phenoxy) is 2. The Labute approximate surface area is 244 Å². The second-order valence-electron chi connectivity index (χ2n) is 12.2. The van der Waals surface area contributed by atoms with Crippen LogP contribution in [0.1, 0.15) is 79.6 Å². The van der Waals surface area contributed by atoms with E-state index in [1.165, 1.54) is 0 Å². The molecule has 1 fully saturated rings. The maximum Gasteiger partial charge on any atom is 0.333 e. The first-order valence-electron chi connectivity index (χ1n) is 14.6. The van der Waals surface area contributed by atoms with Crippen molar-refractivity contribution in [1.29, 1.82) is 0 Å². The Morgan fingerprint density at radius 1 is 1.07 bits per heavy atom. The molecule has 0 spiro atoms. The van der Waals surface area contributed by atoms with Crippen molar-refractivity contribution in [2.75, 3.05) is 6.61 Å². The molecule has 2 aliphatic rings. The SMILES string of the molecule is C=C1/C=C(\C)C(C)(O)CC(O)CC(=O)C(O)C(O)C(C)CC(CO)OC(=O)/C(C)=C/CC/C=C/C2OC2CC(C)C1. The number of fused-ring (bicyclic) bond motifs is 1. The van der Waals surface area contributed by atoms with Crippen LogP contribution in [0.3, 0.4) is 0 Å². The molecule has 0 aromatic carbocycles. The van der Waals surface area contributed by atoms with Gasteiger partial charge in [0, 0.05) is 18.4 Å². The van der Waals surface area contributed by atoms with Crippen LogP contribution in [-0.2, 0) is 19.1 Å². The summed E-state index contributed by atoms with van der Waals surface area (Å²) in [7, 11) is 0. The molecule has 0 bridgehead atoms. The molecule has 9 unspecified atom stereocenters. The van der Waals surface area contributed by atoms with Gasteiger partial charge in [-0.2, -0.15) is 0 Å². The van der Waals surface area contributed by atoms with Crippen LogP contribution in [0.2, 0.25) is 0 Å². The maximum absolute atomic E-state index is 12.7. The van der Waals surface area contributed by atoms with Crippen LogP contribution >= 0.6 is 0 Å². The molecule has 0 aliphatic carbocycles. The number of cyclic esters (lactones) is 1. The summed E-state index contributed by atoms with van der Waals surface area (Å²) >= 11 is 0. The fourth-order valence-corrected chi connectivity index (χ4v) is 5.18. The summed E-state index contributed by atoms with van der Waals surface area (Å²) in [4.78, 5) is 25.2. The van der Waals surface area contributed by atoms with Gasteiger partial charge in [-0.25, -0.2) is 4.79 Å². The number of carbonyl (C=O) groups is 2. The smallest absolute Gasteiger partial charge is 0.333 e. The van der Waals surface area contributed by atoms with E-state index in [2.05, 4.69) is 13.5 Å². The van der Waals surface area contributed by atoms with Crippen molar-refractivity contribution < 1.29 is 44.6 Å². The van der Waals surface area contributed by atoms with Crippen LogP contribution < -0.4 is 0 Å². The van der Waals surface area contributed by atoms with Crippen LogP contribution in [-0.4, -0.2) is 86.1 Å². The van der Waals surface area contributed by atoms with E-state index in [0.717, 1.165) is 18.4 Å². The third-order valence-corrected chi connectivity index (χ3v) is 7.99. The van der Waals surface area contributed by atoms with E-state index in [0.29, 0.717) is 29.9 Å². The summed E-state index contributed by atoms with van der Waals surface area (Å²) < 4.78 is 11.2. The highest BCUT2D eigenvalue weighted by atomic mass is 16.6. The van der Waals surface area contributed by atoms with Gasteiger partial charge >= 0.3 is 5.97 Å². The Bertz CT molecular complexity index is 995. The molecule has 9 nitrogen and oxygen atoms in total. The van der Waals surface area contributed by atoms with E-state index in [1.807, 2.05) is 12.2 Å². The number of epoxide rings is 1. The van der Waals surface area contributed by atoms with E-state index < -0.39 is 60.7 Å². The number of Topliss-reactive ketones (excluding diaryl/α,β-unsaturated/α-hetero) is 1. The highest BCUT2D eigenvalue weighted by Crippen LogP contribution is 2.33. The molecule has 232 valence electrons. The molecule has 0 saturated carbocycles. The lowest BCUT2D eigenvalue weighted by atomic mass is 9.85. The fourth-order valence-electron chi connectivity index (χ4n) is 5.18. The summed E-state index contributed by atoms with van der Waals surface area (Å²) in [5, 5.41) is 52.4. The van der Waals surface area contributed by atoms with Gasteiger partial charge in [-0.15, -0.1) is 0 Å². The van der Waals surface area contributed by atoms with Gasteiger partial charge in [-0.3, -0.25) is 4.79 Å². The van der Waals surface area contributed by atoms with Crippen molar-refractivity contribution in [3.63, 3.8) is 0 Å². The van der Waals surface area contributed by atoms with Crippen LogP contribution in [0.5, 0.6) is 0 Å². The minimum Gasteiger partial charge on any atom is -0.457 e. The lowest BCUT2D eigenvalue weighted by Crippen LogP contribution is -2.42. The lowest BCUT2D eigenvalue weighted by Gasteiger charge is -2.29. The zero-order valence-corrected chi connectivity index (χ0v) is 25.2. The number of aliphatic hydroxyl groups excluding tert-OH is 4. The fraction of sp³-hybridized carbons (Fsp3) is 0.688. The van der Waals surface area contributed by atoms with Crippen molar-refractivity contribution in [3.05, 3.63) is 47.6 Å². The third kappa shape index (κ3) is 11.6. The molecule has 9 heteroatoms. The van der Waals surface area contributed by atoms with Crippen LogP contribution in [0, 0.1) is 11.8 Å². The molecule has 5 N–H and O–H groups in total. The van der Waals surface area contributed by atoms with E-state index in [-0.39, 0.29) is 25.0 Å². The van der Waals surface area contributed by atoms with Gasteiger partial charge in [0.2, 0.25) is 0 Å². The number of esters is 1. The van der Waals surface area contributed by atoms with Crippen LogP contribution in [0.25, 0.3) is 0 Å². The minimum atomic E-state index is -1.79. The molecule has 2 heterocycles. The second-order valence-corrected chi connectivity index (χ2v) is 12.2. The van der Waals surface area contributed by atoms with Crippen molar-refractivity contribution in [3.8, 4) is 0 Å². The number of hydrogen-bond donors (Lipinski definition) is 5. The Balaban J connectivity index is 2.18. The molecule has 41 heavy (non-hydrogen) atoms. The van der Waals surface area contributed by atoms with Crippen LogP contribution in [0.4, 0.5) is 0 Å². The number of rotatable bonds is 1. The normalized spacial score (nSPS) is 41.3. The van der Waals surface area contributed by atoms with Crippen LogP contribution in [0.15, 0.2) is 47.6 Å².